The van der Waals surface area contributed by atoms with E-state index in [0.717, 1.165) is 38.4 Å². The first kappa shape index (κ1) is 25.4. The van der Waals surface area contributed by atoms with Gasteiger partial charge in [0, 0.05) is 18.2 Å². The molecule has 38 heavy (non-hydrogen) atoms. The van der Waals surface area contributed by atoms with Crippen LogP contribution < -0.4 is 15.2 Å². The van der Waals surface area contributed by atoms with Gasteiger partial charge in [0.15, 0.2) is 11.8 Å². The summed E-state index contributed by atoms with van der Waals surface area (Å²) in [6.45, 7) is 4.01. The molecule has 2 aromatic carbocycles. The summed E-state index contributed by atoms with van der Waals surface area (Å²) in [6, 6.07) is 19.2. The minimum absolute atomic E-state index is 0.181. The fourth-order valence-corrected chi connectivity index (χ4v) is 4.76. The molecular weight excluding hydrogens is 484 g/mol. The summed E-state index contributed by atoms with van der Waals surface area (Å²) in [6.07, 6.45) is 1.66. The molecule has 5 aromatic rings. The number of quaternary nitrogens is 1. The molecule has 0 aliphatic heterocycles. The first-order valence-corrected chi connectivity index (χ1v) is 12.4. The minimum Gasteiger partial charge on any atom is -0.497 e. The van der Waals surface area contributed by atoms with Crippen LogP contribution in [0.4, 0.5) is 0 Å². The monoisotopic (exact) mass is 515 g/mol. The van der Waals surface area contributed by atoms with E-state index in [1.54, 1.807) is 25.2 Å². The van der Waals surface area contributed by atoms with Crippen LogP contribution in [0.15, 0.2) is 76.1 Å². The van der Waals surface area contributed by atoms with Crippen molar-refractivity contribution >= 4 is 10.9 Å². The van der Waals surface area contributed by atoms with Crippen LogP contribution in [0.2, 0.25) is 0 Å². The number of aromatic nitrogens is 5. The van der Waals surface area contributed by atoms with Gasteiger partial charge in [-0.2, -0.15) is 0 Å². The van der Waals surface area contributed by atoms with Crippen LogP contribution in [0, 0.1) is 6.92 Å². The number of hydrogen-bond acceptors (Lipinski definition) is 7. The largest absolute Gasteiger partial charge is 0.497 e. The number of nitrogens with one attached hydrogen (secondary N) is 2. The number of furan rings is 1. The molecule has 2 atom stereocenters. The summed E-state index contributed by atoms with van der Waals surface area (Å²) in [7, 11) is 3.28. The highest BCUT2D eigenvalue weighted by atomic mass is 16.5. The Balaban J connectivity index is 1.67. The van der Waals surface area contributed by atoms with Crippen molar-refractivity contribution in [2.24, 2.45) is 0 Å². The molecule has 0 spiro atoms. The highest BCUT2D eigenvalue weighted by Gasteiger charge is 2.35. The van der Waals surface area contributed by atoms with Crippen LogP contribution in [0.5, 0.6) is 5.75 Å². The molecule has 2 unspecified atom stereocenters. The van der Waals surface area contributed by atoms with Gasteiger partial charge in [0.05, 0.1) is 32.1 Å². The zero-order valence-corrected chi connectivity index (χ0v) is 21.7. The molecule has 0 saturated carbocycles. The van der Waals surface area contributed by atoms with Gasteiger partial charge in [-0.15, -0.1) is 5.10 Å². The SMILES string of the molecule is COCCn1nnnc1C(c1cc2cc(C)ccc2[nH]c1=O)[NH+](Cc1ccc(OC)cc1)Cc1ccco1. The summed E-state index contributed by atoms with van der Waals surface area (Å²) in [5.41, 5.74) is 3.35. The van der Waals surface area contributed by atoms with E-state index >= 15 is 0 Å². The van der Waals surface area contributed by atoms with Gasteiger partial charge in [-0.25, -0.2) is 4.68 Å². The highest BCUT2D eigenvalue weighted by Crippen LogP contribution is 2.21. The molecule has 0 amide bonds. The van der Waals surface area contributed by atoms with Gasteiger partial charge in [-0.05, 0) is 77.3 Å². The summed E-state index contributed by atoms with van der Waals surface area (Å²) >= 11 is 0. The number of methoxy groups -OCH3 is 2. The highest BCUT2D eigenvalue weighted by molar-refractivity contribution is 5.79. The predicted octanol–water partition coefficient (Wildman–Crippen LogP) is 2.45. The van der Waals surface area contributed by atoms with Crippen molar-refractivity contribution in [3.8, 4) is 5.75 Å². The lowest BCUT2D eigenvalue weighted by molar-refractivity contribution is -0.954. The maximum absolute atomic E-state index is 13.6. The topological polar surface area (TPSA) is 112 Å². The summed E-state index contributed by atoms with van der Waals surface area (Å²) in [4.78, 5) is 17.7. The lowest BCUT2D eigenvalue weighted by Crippen LogP contribution is -3.10. The predicted molar refractivity (Wildman–Crippen MR) is 141 cm³/mol. The summed E-state index contributed by atoms with van der Waals surface area (Å²) in [5, 5.41) is 13.6. The average molecular weight is 516 g/mol. The third-order valence-corrected chi connectivity index (χ3v) is 6.64. The minimum atomic E-state index is -0.497. The van der Waals surface area contributed by atoms with Crippen LogP contribution in [0.3, 0.4) is 0 Å². The van der Waals surface area contributed by atoms with E-state index in [1.807, 2.05) is 61.5 Å². The molecule has 196 valence electrons. The van der Waals surface area contributed by atoms with E-state index in [4.69, 9.17) is 13.9 Å². The fourth-order valence-electron chi connectivity index (χ4n) is 4.76. The van der Waals surface area contributed by atoms with Crippen molar-refractivity contribution in [2.75, 3.05) is 20.8 Å². The van der Waals surface area contributed by atoms with E-state index in [1.165, 1.54) is 0 Å². The van der Waals surface area contributed by atoms with E-state index in [2.05, 4.69) is 26.6 Å². The molecule has 10 nitrogen and oxygen atoms in total. The van der Waals surface area contributed by atoms with Crippen LogP contribution in [0.1, 0.15) is 34.3 Å². The Morgan fingerprint density at radius 2 is 1.92 bits per heavy atom. The Morgan fingerprint density at radius 3 is 2.66 bits per heavy atom. The molecule has 0 radical (unpaired) electrons. The van der Waals surface area contributed by atoms with Crippen molar-refractivity contribution in [1.29, 1.82) is 0 Å². The lowest BCUT2D eigenvalue weighted by atomic mass is 10.0. The van der Waals surface area contributed by atoms with E-state index in [-0.39, 0.29) is 5.56 Å². The summed E-state index contributed by atoms with van der Waals surface area (Å²) in [5.74, 6) is 2.15. The van der Waals surface area contributed by atoms with Gasteiger partial charge in [0.1, 0.15) is 18.8 Å². The Morgan fingerprint density at radius 1 is 1.08 bits per heavy atom. The molecule has 0 fully saturated rings. The lowest BCUT2D eigenvalue weighted by Gasteiger charge is -2.27. The van der Waals surface area contributed by atoms with Crippen LogP contribution in [-0.2, 0) is 24.4 Å². The Hall–Kier alpha value is -4.28. The first-order chi connectivity index (χ1) is 18.6. The van der Waals surface area contributed by atoms with Gasteiger partial charge in [0.25, 0.3) is 5.56 Å². The molecule has 0 aliphatic carbocycles. The first-order valence-electron chi connectivity index (χ1n) is 12.4. The van der Waals surface area contributed by atoms with Crippen molar-refractivity contribution in [1.82, 2.24) is 25.2 Å². The second-order valence-electron chi connectivity index (χ2n) is 9.27. The summed E-state index contributed by atoms with van der Waals surface area (Å²) < 4.78 is 18.1. The molecule has 5 rings (SSSR count). The van der Waals surface area contributed by atoms with Crippen LogP contribution in [0.25, 0.3) is 10.9 Å². The molecule has 2 N–H and O–H groups in total. The Bertz CT molecular complexity index is 1540. The number of nitrogens with zero attached hydrogens (tertiary/aromatic N) is 4. The third kappa shape index (κ3) is 5.51. The Kier molecular flexibility index (Phi) is 7.62. The van der Waals surface area contributed by atoms with Gasteiger partial charge < -0.3 is 23.8 Å². The van der Waals surface area contributed by atoms with Crippen molar-refractivity contribution in [3.63, 3.8) is 0 Å². The number of aryl methyl sites for hydroxylation is 1. The van der Waals surface area contributed by atoms with Gasteiger partial charge in [-0.3, -0.25) is 4.79 Å². The number of rotatable bonds is 11. The van der Waals surface area contributed by atoms with Crippen molar-refractivity contribution in [3.05, 3.63) is 106 Å². The number of fused-ring (bicyclic) bond motifs is 1. The number of benzene rings is 2. The van der Waals surface area contributed by atoms with Crippen LogP contribution in [-0.4, -0.2) is 46.0 Å². The van der Waals surface area contributed by atoms with E-state index in [0.29, 0.717) is 37.6 Å². The fraction of sp³-hybridized carbons (Fsp3) is 0.286. The van der Waals surface area contributed by atoms with Crippen molar-refractivity contribution < 1.29 is 18.8 Å². The standard InChI is InChI=1S/C28H30N6O4/c1-19-6-11-25-21(15-19)16-24(28(35)29-25)26(27-30-31-32-34(27)12-14-36-2)33(18-23-5-4-13-38-23)17-20-7-9-22(37-3)10-8-20/h4-11,13,15-16,26H,12,14,17-18H2,1-3H3,(H,29,35)/p+1. The molecular formula is C28H31N6O4+. The number of ether oxygens (including phenoxy) is 2. The zero-order valence-electron chi connectivity index (χ0n) is 21.7. The molecule has 0 aliphatic rings. The average Bonchev–Trinajstić information content (AvgIpc) is 3.61. The maximum Gasteiger partial charge on any atom is 0.258 e. The molecule has 0 saturated heterocycles. The maximum atomic E-state index is 13.6. The third-order valence-electron chi connectivity index (χ3n) is 6.64. The van der Waals surface area contributed by atoms with Gasteiger partial charge >= 0.3 is 0 Å². The second kappa shape index (κ2) is 11.4. The van der Waals surface area contributed by atoms with E-state index < -0.39 is 6.04 Å². The zero-order chi connectivity index (χ0) is 26.5. The Labute approximate surface area is 219 Å². The van der Waals surface area contributed by atoms with E-state index in [9.17, 15) is 4.79 Å². The normalized spacial score (nSPS) is 13.0. The molecule has 3 heterocycles. The number of H-pyrrole nitrogens is 1. The number of hydrogen-bond donors (Lipinski definition) is 2. The second-order valence-corrected chi connectivity index (χ2v) is 9.27. The van der Waals surface area contributed by atoms with Crippen LogP contribution >= 0.6 is 0 Å². The number of tetrazole rings is 1. The smallest absolute Gasteiger partial charge is 0.258 e. The van der Waals surface area contributed by atoms with Gasteiger partial charge in [-0.1, -0.05) is 11.6 Å². The molecule has 3 aromatic heterocycles. The van der Waals surface area contributed by atoms with Gasteiger partial charge in [0.2, 0.25) is 5.82 Å². The molecule has 10 heteroatoms. The molecule has 0 bridgehead atoms. The number of aromatic amines is 1. The quantitative estimate of drug-likeness (QED) is 0.278. The number of pyridine rings is 1. The van der Waals surface area contributed by atoms with Crippen molar-refractivity contribution in [2.45, 2.75) is 32.6 Å².